The summed E-state index contributed by atoms with van der Waals surface area (Å²) >= 11 is 0. The van der Waals surface area contributed by atoms with Crippen LogP contribution in [0.3, 0.4) is 0 Å². The molecule has 0 spiro atoms. The second-order valence-electron chi connectivity index (χ2n) is 4.26. The van der Waals surface area contributed by atoms with Crippen LogP contribution in [-0.4, -0.2) is 44.8 Å². The third kappa shape index (κ3) is 3.55. The first-order valence-corrected chi connectivity index (χ1v) is 7.13. The zero-order valence-corrected chi connectivity index (χ0v) is 12.2. The van der Waals surface area contributed by atoms with Crippen molar-refractivity contribution in [3.8, 4) is 0 Å². The molecular weight excluding hydrogens is 284 g/mol. The first-order chi connectivity index (χ1) is 9.16. The van der Waals surface area contributed by atoms with Crippen molar-refractivity contribution in [1.82, 2.24) is 4.31 Å². The molecule has 0 saturated heterocycles. The molecule has 1 aromatic carbocycles. The van der Waals surface area contributed by atoms with E-state index in [1.807, 2.05) is 0 Å². The fraction of sp³-hybridized carbons (Fsp3) is 0.333. The lowest BCUT2D eigenvalue weighted by Crippen LogP contribution is -2.30. The van der Waals surface area contributed by atoms with Crippen LogP contribution < -0.4 is 5.73 Å². The molecule has 110 valence electrons. The van der Waals surface area contributed by atoms with E-state index in [0.29, 0.717) is 0 Å². The van der Waals surface area contributed by atoms with Gasteiger partial charge in [-0.2, -0.15) is 0 Å². The summed E-state index contributed by atoms with van der Waals surface area (Å²) in [5, 5.41) is 0. The number of sulfonamides is 1. The fourth-order valence-electron chi connectivity index (χ4n) is 1.26. The number of primary amides is 1. The smallest absolute Gasteiger partial charge is 0.338 e. The van der Waals surface area contributed by atoms with Crippen LogP contribution in [0.5, 0.6) is 0 Å². The van der Waals surface area contributed by atoms with Gasteiger partial charge in [0.25, 0.3) is 5.91 Å². The van der Waals surface area contributed by atoms with Gasteiger partial charge >= 0.3 is 5.97 Å². The van der Waals surface area contributed by atoms with Crippen LogP contribution in [0.15, 0.2) is 29.2 Å². The SMILES string of the molecule is CC(OC(=O)c1ccc(S(=O)(=O)N(C)C)cc1)C(N)=O. The van der Waals surface area contributed by atoms with Gasteiger partial charge in [0.05, 0.1) is 10.5 Å². The van der Waals surface area contributed by atoms with Gasteiger partial charge in [0.15, 0.2) is 6.10 Å². The number of esters is 1. The average Bonchev–Trinajstić information content (AvgIpc) is 2.38. The van der Waals surface area contributed by atoms with E-state index < -0.39 is 28.0 Å². The molecule has 0 radical (unpaired) electrons. The van der Waals surface area contributed by atoms with Gasteiger partial charge in [-0.3, -0.25) is 4.79 Å². The van der Waals surface area contributed by atoms with E-state index in [0.717, 1.165) is 4.31 Å². The normalized spacial score (nSPS) is 13.0. The van der Waals surface area contributed by atoms with Gasteiger partial charge in [-0.25, -0.2) is 17.5 Å². The van der Waals surface area contributed by atoms with Gasteiger partial charge in [-0.15, -0.1) is 0 Å². The van der Waals surface area contributed by atoms with Crippen LogP contribution in [0.1, 0.15) is 17.3 Å². The Labute approximate surface area is 117 Å². The number of carbonyl (C=O) groups is 2. The van der Waals surface area contributed by atoms with Gasteiger partial charge in [-0.1, -0.05) is 0 Å². The van der Waals surface area contributed by atoms with E-state index in [-0.39, 0.29) is 10.5 Å². The van der Waals surface area contributed by atoms with Gasteiger partial charge in [0.1, 0.15) is 0 Å². The summed E-state index contributed by atoms with van der Waals surface area (Å²) in [6, 6.07) is 5.21. The zero-order chi connectivity index (χ0) is 15.5. The summed E-state index contributed by atoms with van der Waals surface area (Å²) in [6.45, 7) is 1.35. The maximum Gasteiger partial charge on any atom is 0.338 e. The zero-order valence-electron chi connectivity index (χ0n) is 11.4. The first kappa shape index (κ1) is 16.1. The number of nitrogens with zero attached hydrogens (tertiary/aromatic N) is 1. The molecule has 2 N–H and O–H groups in total. The minimum Gasteiger partial charge on any atom is -0.449 e. The predicted octanol–water partition coefficient (Wildman–Crippen LogP) is -0.0325. The molecule has 8 heteroatoms. The summed E-state index contributed by atoms with van der Waals surface area (Å²) in [5.74, 6) is -1.50. The summed E-state index contributed by atoms with van der Waals surface area (Å²) in [5.41, 5.74) is 5.11. The van der Waals surface area contributed by atoms with Crippen molar-refractivity contribution in [3.63, 3.8) is 0 Å². The number of hydrogen-bond acceptors (Lipinski definition) is 5. The third-order valence-electron chi connectivity index (χ3n) is 2.55. The van der Waals surface area contributed by atoms with Crippen LogP contribution in [0.2, 0.25) is 0 Å². The number of ether oxygens (including phenoxy) is 1. The Morgan fingerprint density at radius 3 is 2.10 bits per heavy atom. The number of benzene rings is 1. The van der Waals surface area contributed by atoms with Crippen LogP contribution in [-0.2, 0) is 19.6 Å². The molecule has 1 unspecified atom stereocenters. The second-order valence-corrected chi connectivity index (χ2v) is 6.41. The Hall–Kier alpha value is -1.93. The van der Waals surface area contributed by atoms with Crippen molar-refractivity contribution in [2.75, 3.05) is 14.1 Å². The van der Waals surface area contributed by atoms with Gasteiger partial charge in [0.2, 0.25) is 10.0 Å². The predicted molar refractivity (Wildman–Crippen MR) is 71.4 cm³/mol. The third-order valence-corrected chi connectivity index (χ3v) is 4.38. The molecule has 0 aliphatic heterocycles. The molecule has 0 fully saturated rings. The monoisotopic (exact) mass is 300 g/mol. The maximum atomic E-state index is 11.8. The van der Waals surface area contributed by atoms with Crippen molar-refractivity contribution in [2.24, 2.45) is 5.73 Å². The summed E-state index contributed by atoms with van der Waals surface area (Å²) in [7, 11) is -0.731. The van der Waals surface area contributed by atoms with Crippen molar-refractivity contribution in [2.45, 2.75) is 17.9 Å². The van der Waals surface area contributed by atoms with E-state index in [9.17, 15) is 18.0 Å². The number of carbonyl (C=O) groups excluding carboxylic acids is 2. The number of amides is 1. The lowest BCUT2D eigenvalue weighted by molar-refractivity contribution is -0.125. The van der Waals surface area contributed by atoms with Gasteiger partial charge in [0, 0.05) is 14.1 Å². The summed E-state index contributed by atoms with van der Waals surface area (Å²) in [6.07, 6.45) is -1.05. The molecule has 0 aliphatic rings. The average molecular weight is 300 g/mol. The van der Waals surface area contributed by atoms with Crippen molar-refractivity contribution in [3.05, 3.63) is 29.8 Å². The van der Waals surface area contributed by atoms with E-state index >= 15 is 0 Å². The number of nitrogens with two attached hydrogens (primary N) is 1. The minimum absolute atomic E-state index is 0.0574. The molecule has 0 aliphatic carbocycles. The Morgan fingerprint density at radius 1 is 1.20 bits per heavy atom. The largest absolute Gasteiger partial charge is 0.449 e. The highest BCUT2D eigenvalue weighted by Crippen LogP contribution is 2.14. The second kappa shape index (κ2) is 6.02. The fourth-order valence-corrected chi connectivity index (χ4v) is 2.16. The van der Waals surface area contributed by atoms with Crippen molar-refractivity contribution < 1.29 is 22.7 Å². The number of hydrogen-bond donors (Lipinski definition) is 1. The Kier molecular flexibility index (Phi) is 4.85. The lowest BCUT2D eigenvalue weighted by Gasteiger charge is -2.12. The first-order valence-electron chi connectivity index (χ1n) is 5.69. The molecule has 1 atom stereocenters. The quantitative estimate of drug-likeness (QED) is 0.768. The molecule has 0 heterocycles. The standard InChI is InChI=1S/C12H16N2O5S/c1-8(11(13)15)19-12(16)9-4-6-10(7-5-9)20(17,18)14(2)3/h4-8H,1-3H3,(H2,13,15). The van der Waals surface area contributed by atoms with Gasteiger partial charge < -0.3 is 10.5 Å². The maximum absolute atomic E-state index is 11.8. The minimum atomic E-state index is -3.55. The topological polar surface area (TPSA) is 107 Å². The van der Waals surface area contributed by atoms with Crippen LogP contribution in [0.4, 0.5) is 0 Å². The summed E-state index contributed by atoms with van der Waals surface area (Å²) < 4.78 is 29.5. The number of rotatable bonds is 5. The molecule has 20 heavy (non-hydrogen) atoms. The molecule has 0 aromatic heterocycles. The molecular formula is C12H16N2O5S. The molecule has 1 rings (SSSR count). The van der Waals surface area contributed by atoms with Gasteiger partial charge in [-0.05, 0) is 31.2 Å². The van der Waals surface area contributed by atoms with E-state index in [1.54, 1.807) is 0 Å². The van der Waals surface area contributed by atoms with Crippen molar-refractivity contribution >= 4 is 21.9 Å². The van der Waals surface area contributed by atoms with Crippen LogP contribution in [0.25, 0.3) is 0 Å². The summed E-state index contributed by atoms with van der Waals surface area (Å²) in [4.78, 5) is 22.5. The molecule has 0 saturated carbocycles. The van der Waals surface area contributed by atoms with Crippen molar-refractivity contribution in [1.29, 1.82) is 0 Å². The van der Waals surface area contributed by atoms with E-state index in [4.69, 9.17) is 10.5 Å². The highest BCUT2D eigenvalue weighted by atomic mass is 32.2. The Balaban J connectivity index is 2.92. The lowest BCUT2D eigenvalue weighted by atomic mass is 10.2. The molecule has 0 bridgehead atoms. The Bertz CT molecular complexity index is 607. The highest BCUT2D eigenvalue weighted by Gasteiger charge is 2.19. The Morgan fingerprint density at radius 2 is 1.70 bits per heavy atom. The molecule has 1 amide bonds. The van der Waals surface area contributed by atoms with E-state index in [1.165, 1.54) is 45.3 Å². The van der Waals surface area contributed by atoms with Crippen LogP contribution in [0, 0.1) is 0 Å². The molecule has 7 nitrogen and oxygen atoms in total. The van der Waals surface area contributed by atoms with E-state index in [2.05, 4.69) is 0 Å². The van der Waals surface area contributed by atoms with Crippen LogP contribution >= 0.6 is 0 Å². The molecule has 1 aromatic rings. The highest BCUT2D eigenvalue weighted by molar-refractivity contribution is 7.89.